The zero-order valence-electron chi connectivity index (χ0n) is 13.9. The van der Waals surface area contributed by atoms with E-state index >= 15 is 0 Å². The van der Waals surface area contributed by atoms with Gasteiger partial charge >= 0.3 is 0 Å². The monoisotopic (exact) mass is 275 g/mol. The van der Waals surface area contributed by atoms with E-state index < -0.39 is 0 Å². The fourth-order valence-corrected chi connectivity index (χ4v) is 3.16. The van der Waals surface area contributed by atoms with Gasteiger partial charge in [0, 0.05) is 56.2 Å². The van der Waals surface area contributed by atoms with Gasteiger partial charge in [0.05, 0.1) is 0 Å². The maximum absolute atomic E-state index is 3.46. The van der Waals surface area contributed by atoms with Crippen LogP contribution in [0.3, 0.4) is 0 Å². The third kappa shape index (κ3) is 2.78. The molecule has 1 fully saturated rings. The molecule has 1 saturated heterocycles. The Labute approximate surface area is 124 Å². The van der Waals surface area contributed by atoms with Crippen molar-refractivity contribution in [3.8, 4) is 0 Å². The number of hydrogen-bond donors (Lipinski definition) is 1. The van der Waals surface area contributed by atoms with Crippen LogP contribution in [0.1, 0.15) is 34.1 Å². The zero-order chi connectivity index (χ0) is 14.9. The third-order valence-corrected chi connectivity index (χ3v) is 4.43. The predicted molar refractivity (Wildman–Crippen MR) is 86.5 cm³/mol. The number of likely N-dealkylation sites (tertiary alicyclic amines) is 1. The van der Waals surface area contributed by atoms with E-state index in [0.717, 1.165) is 26.1 Å². The Morgan fingerprint density at radius 1 is 1.35 bits per heavy atom. The van der Waals surface area contributed by atoms with Crippen molar-refractivity contribution in [2.45, 2.75) is 39.7 Å². The second kappa shape index (κ2) is 5.65. The van der Waals surface area contributed by atoms with Crippen LogP contribution in [0.15, 0.2) is 34.7 Å². The molecule has 0 radical (unpaired) electrons. The average molecular weight is 275 g/mol. The fourth-order valence-electron chi connectivity index (χ4n) is 3.16. The Hall–Kier alpha value is -1.22. The van der Waals surface area contributed by atoms with E-state index in [9.17, 15) is 0 Å². The molecular formula is C17H29N3. The van der Waals surface area contributed by atoms with Crippen molar-refractivity contribution in [2.24, 2.45) is 0 Å². The second-order valence-electron chi connectivity index (χ2n) is 6.73. The van der Waals surface area contributed by atoms with E-state index in [0.29, 0.717) is 0 Å². The quantitative estimate of drug-likeness (QED) is 0.836. The van der Waals surface area contributed by atoms with Gasteiger partial charge in [-0.1, -0.05) is 12.2 Å². The molecule has 0 spiro atoms. The summed E-state index contributed by atoms with van der Waals surface area (Å²) in [6, 6.07) is 0. The molecule has 3 nitrogen and oxygen atoms in total. The van der Waals surface area contributed by atoms with E-state index in [1.807, 2.05) is 0 Å². The second-order valence-corrected chi connectivity index (χ2v) is 6.73. The Morgan fingerprint density at radius 3 is 2.55 bits per heavy atom. The van der Waals surface area contributed by atoms with Crippen molar-refractivity contribution < 1.29 is 0 Å². The molecule has 0 aliphatic carbocycles. The highest BCUT2D eigenvalue weighted by Crippen LogP contribution is 2.32. The molecule has 0 aromatic rings. The summed E-state index contributed by atoms with van der Waals surface area (Å²) in [6.45, 7) is 12.2. The number of likely N-dealkylation sites (N-methyl/N-ethyl adjacent to an activating group) is 2. The molecule has 0 unspecified atom stereocenters. The highest BCUT2D eigenvalue weighted by molar-refractivity contribution is 5.47. The van der Waals surface area contributed by atoms with Crippen molar-refractivity contribution in [1.29, 1.82) is 0 Å². The first-order valence-electron chi connectivity index (χ1n) is 7.61. The first kappa shape index (κ1) is 15.2. The molecule has 0 bridgehead atoms. The Bertz CT molecular complexity index is 463. The van der Waals surface area contributed by atoms with Crippen LogP contribution in [0.2, 0.25) is 0 Å². The van der Waals surface area contributed by atoms with E-state index in [1.165, 1.54) is 22.5 Å². The van der Waals surface area contributed by atoms with Gasteiger partial charge in [0.15, 0.2) is 0 Å². The summed E-state index contributed by atoms with van der Waals surface area (Å²) < 4.78 is 0. The van der Waals surface area contributed by atoms with Crippen molar-refractivity contribution in [3.63, 3.8) is 0 Å². The molecule has 0 aromatic carbocycles. The molecule has 0 amide bonds. The smallest absolute Gasteiger partial charge is 0.0434 e. The maximum Gasteiger partial charge on any atom is 0.0434 e. The standard InChI is InChI=1S/C17H29N3/c1-7-15-14(9-10-19(15)6)16(18-5)13-8-11-20(12-13)17(2,3)4/h7-8,18H,9-12H2,1-6H3/b15-7?,16-14-. The highest BCUT2D eigenvalue weighted by atomic mass is 15.2. The summed E-state index contributed by atoms with van der Waals surface area (Å²) in [5, 5.41) is 3.46. The van der Waals surface area contributed by atoms with Gasteiger partial charge in [-0.15, -0.1) is 0 Å². The molecule has 0 saturated carbocycles. The van der Waals surface area contributed by atoms with Gasteiger partial charge in [-0.2, -0.15) is 0 Å². The lowest BCUT2D eigenvalue weighted by Gasteiger charge is -2.32. The van der Waals surface area contributed by atoms with Gasteiger partial charge in [0.2, 0.25) is 0 Å². The lowest BCUT2D eigenvalue weighted by molar-refractivity contribution is 0.181. The molecule has 3 heteroatoms. The lowest BCUT2D eigenvalue weighted by Crippen LogP contribution is -2.40. The number of rotatable bonds is 2. The normalized spacial score (nSPS) is 25.4. The van der Waals surface area contributed by atoms with E-state index in [4.69, 9.17) is 0 Å². The van der Waals surface area contributed by atoms with Crippen LogP contribution in [-0.2, 0) is 0 Å². The van der Waals surface area contributed by atoms with Crippen molar-refractivity contribution in [2.75, 3.05) is 33.7 Å². The summed E-state index contributed by atoms with van der Waals surface area (Å²) in [5.74, 6) is 0. The van der Waals surface area contributed by atoms with Gasteiger partial charge in [0.25, 0.3) is 0 Å². The van der Waals surface area contributed by atoms with Gasteiger partial charge in [-0.05, 0) is 39.7 Å². The maximum atomic E-state index is 3.46. The highest BCUT2D eigenvalue weighted by Gasteiger charge is 2.29. The first-order chi connectivity index (χ1) is 9.38. The molecule has 1 N–H and O–H groups in total. The number of nitrogens with zero attached hydrogens (tertiary/aromatic N) is 2. The van der Waals surface area contributed by atoms with Crippen molar-refractivity contribution in [3.05, 3.63) is 34.7 Å². The van der Waals surface area contributed by atoms with Crippen LogP contribution in [-0.4, -0.2) is 49.1 Å². The van der Waals surface area contributed by atoms with Gasteiger partial charge < -0.3 is 10.2 Å². The summed E-state index contributed by atoms with van der Waals surface area (Å²) in [6.07, 6.45) is 5.76. The Kier molecular flexibility index (Phi) is 4.28. The molecule has 2 aliphatic heterocycles. The summed E-state index contributed by atoms with van der Waals surface area (Å²) in [7, 11) is 4.23. The minimum Gasteiger partial charge on any atom is -0.388 e. The SMILES string of the molecule is CC=C1/C(=C(\NC)C2=CCN(C(C)(C)C)C2)CCN1C. The van der Waals surface area contributed by atoms with Crippen molar-refractivity contribution >= 4 is 0 Å². The summed E-state index contributed by atoms with van der Waals surface area (Å²) in [5.41, 5.74) is 5.88. The van der Waals surface area contributed by atoms with Gasteiger partial charge in [-0.3, -0.25) is 4.90 Å². The topological polar surface area (TPSA) is 18.5 Å². The van der Waals surface area contributed by atoms with E-state index in [2.05, 4.69) is 69.1 Å². The fraction of sp³-hybridized carbons (Fsp3) is 0.647. The van der Waals surface area contributed by atoms with Gasteiger partial charge in [-0.25, -0.2) is 0 Å². The summed E-state index contributed by atoms with van der Waals surface area (Å²) >= 11 is 0. The van der Waals surface area contributed by atoms with E-state index in [-0.39, 0.29) is 5.54 Å². The van der Waals surface area contributed by atoms with Crippen LogP contribution < -0.4 is 5.32 Å². The number of hydrogen-bond acceptors (Lipinski definition) is 3. The molecular weight excluding hydrogens is 246 g/mol. The minimum absolute atomic E-state index is 0.234. The van der Waals surface area contributed by atoms with Crippen molar-refractivity contribution in [1.82, 2.24) is 15.1 Å². The van der Waals surface area contributed by atoms with Crippen LogP contribution in [0.5, 0.6) is 0 Å². The van der Waals surface area contributed by atoms with Crippen LogP contribution in [0.4, 0.5) is 0 Å². The minimum atomic E-state index is 0.234. The third-order valence-electron chi connectivity index (χ3n) is 4.43. The Balaban J connectivity index is 2.27. The van der Waals surface area contributed by atoms with Crippen LogP contribution in [0, 0.1) is 0 Å². The molecule has 112 valence electrons. The van der Waals surface area contributed by atoms with Crippen LogP contribution in [0.25, 0.3) is 0 Å². The molecule has 20 heavy (non-hydrogen) atoms. The zero-order valence-corrected chi connectivity index (χ0v) is 13.9. The van der Waals surface area contributed by atoms with E-state index in [1.54, 1.807) is 0 Å². The molecule has 0 aromatic heterocycles. The summed E-state index contributed by atoms with van der Waals surface area (Å²) in [4.78, 5) is 4.87. The Morgan fingerprint density at radius 2 is 2.05 bits per heavy atom. The predicted octanol–water partition coefficient (Wildman–Crippen LogP) is 2.74. The number of nitrogens with one attached hydrogen (secondary N) is 1. The molecule has 2 rings (SSSR count). The molecule has 2 heterocycles. The van der Waals surface area contributed by atoms with Crippen LogP contribution >= 0.6 is 0 Å². The molecule has 0 atom stereocenters. The largest absolute Gasteiger partial charge is 0.388 e. The molecule has 2 aliphatic rings. The first-order valence-corrected chi connectivity index (χ1v) is 7.61. The lowest BCUT2D eigenvalue weighted by atomic mass is 10.0. The average Bonchev–Trinajstić information content (AvgIpc) is 2.98. The number of allylic oxidation sites excluding steroid dienone is 2. The van der Waals surface area contributed by atoms with Gasteiger partial charge in [0.1, 0.15) is 0 Å².